The average Bonchev–Trinajstić information content (AvgIpc) is 3.07. The molecule has 6 N–H and O–H groups in total. The quantitative estimate of drug-likeness (QED) is 0.122. The molecule has 15 heteroatoms. The molecule has 252 valence electrons. The highest BCUT2D eigenvalue weighted by Gasteiger charge is 2.51. The summed E-state index contributed by atoms with van der Waals surface area (Å²) in [6.45, 7) is -2.01. The number of aliphatic hydroxyl groups is 6. The minimum absolute atomic E-state index is 0.130. The van der Waals surface area contributed by atoms with E-state index in [9.17, 15) is 40.2 Å². The van der Waals surface area contributed by atoms with E-state index in [2.05, 4.69) is 0 Å². The first-order valence-electron chi connectivity index (χ1n) is 14.9. The van der Waals surface area contributed by atoms with Crippen molar-refractivity contribution in [3.63, 3.8) is 0 Å². The van der Waals surface area contributed by atoms with Gasteiger partial charge in [-0.2, -0.15) is 0 Å². The second kappa shape index (κ2) is 14.5. The van der Waals surface area contributed by atoms with Crippen molar-refractivity contribution in [2.24, 2.45) is 0 Å². The first kappa shape index (κ1) is 33.7. The molecule has 4 heterocycles. The van der Waals surface area contributed by atoms with Crippen molar-refractivity contribution in [1.29, 1.82) is 0 Å². The molecule has 0 spiro atoms. The van der Waals surface area contributed by atoms with Crippen LogP contribution in [0, 0.1) is 0 Å². The van der Waals surface area contributed by atoms with Crippen LogP contribution in [0.3, 0.4) is 0 Å². The number of para-hydroxylation sites is 2. The van der Waals surface area contributed by atoms with Crippen LogP contribution in [0.1, 0.15) is 11.1 Å². The number of ether oxygens (including phenoxy) is 4. The van der Waals surface area contributed by atoms with E-state index in [1.807, 2.05) is 0 Å². The molecule has 0 bridgehead atoms. The van der Waals surface area contributed by atoms with E-state index in [4.69, 9.17) is 27.8 Å². The number of fused-ring (bicyclic) bond motifs is 2. The summed E-state index contributed by atoms with van der Waals surface area (Å²) in [6, 6.07) is 16.9. The zero-order chi connectivity index (χ0) is 33.2. The Bertz CT molecular complexity index is 1660. The number of rotatable bonds is 10. The fraction of sp³-hybridized carbons (Fsp3) is 0.438. The number of hydrogen-bond donors (Lipinski definition) is 6. The molecular weight excluding hydrogens is 640 g/mol. The van der Waals surface area contributed by atoms with Gasteiger partial charge in [-0.3, -0.25) is 0 Å². The van der Waals surface area contributed by atoms with E-state index < -0.39 is 84.2 Å². The van der Waals surface area contributed by atoms with Gasteiger partial charge in [0, 0.05) is 10.8 Å². The first-order valence-corrected chi connectivity index (χ1v) is 15.8. The summed E-state index contributed by atoms with van der Waals surface area (Å²) in [7, 11) is 0. The van der Waals surface area contributed by atoms with Gasteiger partial charge in [0.2, 0.25) is 0 Å². The Balaban J connectivity index is 1.17. The van der Waals surface area contributed by atoms with Crippen LogP contribution in [0.4, 0.5) is 0 Å². The maximum absolute atomic E-state index is 12.5. The monoisotopic (exact) mass is 674 g/mol. The van der Waals surface area contributed by atoms with Crippen LogP contribution in [0.25, 0.3) is 21.9 Å². The van der Waals surface area contributed by atoms with Gasteiger partial charge in [-0.15, -0.1) is 0 Å². The third-order valence-corrected chi connectivity index (χ3v) is 9.52. The molecule has 0 radical (unpaired) electrons. The summed E-state index contributed by atoms with van der Waals surface area (Å²) in [5.74, 6) is 0. The van der Waals surface area contributed by atoms with Crippen molar-refractivity contribution < 1.29 is 58.4 Å². The van der Waals surface area contributed by atoms with Gasteiger partial charge in [-0.1, -0.05) is 48.2 Å². The number of hydrogen-bond acceptors (Lipinski definition) is 15. The predicted octanol–water partition coefficient (Wildman–Crippen LogP) is -0.0188. The molecule has 2 fully saturated rings. The Labute approximate surface area is 270 Å². The molecule has 10 atom stereocenters. The Morgan fingerprint density at radius 1 is 0.617 bits per heavy atom. The summed E-state index contributed by atoms with van der Waals surface area (Å²) in [4.78, 5) is 25.1. The van der Waals surface area contributed by atoms with Crippen molar-refractivity contribution in [2.45, 2.75) is 72.9 Å². The standard InChI is InChI=1S/C32H34O14S/c33-11-21-23(35)27(41-13-17-9-15-5-1-3-7-19(15)43-29(17)39)25(37)31(45-21)47-32-26(38)28(24(36)22(12-34)46-32)42-14-18-10-16-6-2-4-8-20(16)44-30(18)40/h1-10,21-28,31-38H,11-14H2/t21?,22?,23-,24?,25?,26?,27?,28?,31?,32?/m0/s1. The van der Waals surface area contributed by atoms with E-state index in [1.165, 1.54) is 0 Å². The van der Waals surface area contributed by atoms with Crippen molar-refractivity contribution in [2.75, 3.05) is 13.2 Å². The molecule has 9 unspecified atom stereocenters. The van der Waals surface area contributed by atoms with Gasteiger partial charge < -0.3 is 58.4 Å². The molecule has 0 aliphatic carbocycles. The summed E-state index contributed by atoms with van der Waals surface area (Å²) in [6.07, 6.45) is -11.3. The van der Waals surface area contributed by atoms with Crippen LogP contribution < -0.4 is 11.3 Å². The Morgan fingerprint density at radius 2 is 1.02 bits per heavy atom. The fourth-order valence-electron chi connectivity index (χ4n) is 5.64. The van der Waals surface area contributed by atoms with Crippen LogP contribution in [-0.4, -0.2) is 104 Å². The van der Waals surface area contributed by atoms with Gasteiger partial charge >= 0.3 is 11.3 Å². The molecule has 2 aliphatic heterocycles. The molecule has 2 aliphatic rings. The number of benzene rings is 2. The lowest BCUT2D eigenvalue weighted by Gasteiger charge is -2.46. The molecule has 14 nitrogen and oxygen atoms in total. The van der Waals surface area contributed by atoms with Crippen LogP contribution in [0.15, 0.2) is 79.1 Å². The predicted molar refractivity (Wildman–Crippen MR) is 165 cm³/mol. The van der Waals surface area contributed by atoms with E-state index in [0.29, 0.717) is 21.9 Å². The smallest absolute Gasteiger partial charge is 0.341 e. The second-order valence-corrected chi connectivity index (χ2v) is 12.5. The Kier molecular flexibility index (Phi) is 10.4. The lowest BCUT2D eigenvalue weighted by Crippen LogP contribution is -2.61. The third kappa shape index (κ3) is 7.02. The van der Waals surface area contributed by atoms with Crippen molar-refractivity contribution in [3.05, 3.63) is 92.6 Å². The maximum atomic E-state index is 12.5. The summed E-state index contributed by atoms with van der Waals surface area (Å²) >= 11 is 0.751. The molecular formula is C32H34O14S. The highest BCUT2D eigenvalue weighted by atomic mass is 32.2. The molecule has 4 aromatic rings. The number of thioether (sulfide) groups is 1. The zero-order valence-electron chi connectivity index (χ0n) is 24.7. The summed E-state index contributed by atoms with van der Waals surface area (Å²) in [5, 5.41) is 65.3. The molecule has 47 heavy (non-hydrogen) atoms. The molecule has 0 saturated carbocycles. The van der Waals surface area contributed by atoms with Gasteiger partial charge in [-0.25, -0.2) is 9.59 Å². The zero-order valence-corrected chi connectivity index (χ0v) is 25.5. The molecule has 0 amide bonds. The first-order chi connectivity index (χ1) is 22.7. The maximum Gasteiger partial charge on any atom is 0.341 e. The van der Waals surface area contributed by atoms with Crippen LogP contribution >= 0.6 is 11.8 Å². The minimum Gasteiger partial charge on any atom is -0.422 e. The van der Waals surface area contributed by atoms with E-state index in [1.54, 1.807) is 60.7 Å². The largest absolute Gasteiger partial charge is 0.422 e. The van der Waals surface area contributed by atoms with Gasteiger partial charge in [-0.05, 0) is 24.3 Å². The van der Waals surface area contributed by atoms with Crippen molar-refractivity contribution in [3.8, 4) is 0 Å². The molecule has 2 aromatic carbocycles. The van der Waals surface area contributed by atoms with Gasteiger partial charge in [0.1, 0.15) is 70.9 Å². The summed E-state index contributed by atoms with van der Waals surface area (Å²) < 4.78 is 33.7. The lowest BCUT2D eigenvalue weighted by atomic mass is 9.99. The van der Waals surface area contributed by atoms with Gasteiger partial charge in [0.05, 0.1) is 37.6 Å². The topological polar surface area (TPSA) is 219 Å². The SMILES string of the molecule is O=c1oc2ccccc2cc1COC1C(O)C(CO)OC(SC2OC(CO)[C@H](O)C(OCc3cc4ccccc4oc3=O)C2O)C1O. The Hall–Kier alpha value is -3.19. The fourth-order valence-corrected chi connectivity index (χ4v) is 6.95. The van der Waals surface area contributed by atoms with Crippen LogP contribution in [0.5, 0.6) is 0 Å². The Morgan fingerprint density at radius 3 is 1.43 bits per heavy atom. The molecule has 6 rings (SSSR count). The highest BCUT2D eigenvalue weighted by Crippen LogP contribution is 2.38. The van der Waals surface area contributed by atoms with E-state index in [0.717, 1.165) is 11.8 Å². The summed E-state index contributed by atoms with van der Waals surface area (Å²) in [5.41, 5.74) is -2.84. The van der Waals surface area contributed by atoms with E-state index >= 15 is 0 Å². The van der Waals surface area contributed by atoms with Crippen LogP contribution in [-0.2, 0) is 32.2 Å². The highest BCUT2D eigenvalue weighted by molar-refractivity contribution is 8.00. The second-order valence-electron chi connectivity index (χ2n) is 11.3. The van der Waals surface area contributed by atoms with Crippen molar-refractivity contribution in [1.82, 2.24) is 0 Å². The van der Waals surface area contributed by atoms with Crippen LogP contribution in [0.2, 0.25) is 0 Å². The van der Waals surface area contributed by atoms with Gasteiger partial charge in [0.25, 0.3) is 0 Å². The average molecular weight is 675 g/mol. The normalized spacial score (nSPS) is 31.4. The van der Waals surface area contributed by atoms with E-state index in [-0.39, 0.29) is 24.3 Å². The molecule has 2 aromatic heterocycles. The minimum atomic E-state index is -1.57. The van der Waals surface area contributed by atoms with Gasteiger partial charge in [0.15, 0.2) is 0 Å². The van der Waals surface area contributed by atoms with Crippen molar-refractivity contribution >= 4 is 33.7 Å². The molecule has 2 saturated heterocycles. The lowest BCUT2D eigenvalue weighted by molar-refractivity contribution is -0.231. The number of aliphatic hydroxyl groups excluding tert-OH is 6. The third-order valence-electron chi connectivity index (χ3n) is 8.20.